The highest BCUT2D eigenvalue weighted by atomic mass is 32.2. The summed E-state index contributed by atoms with van der Waals surface area (Å²) in [4.78, 5) is 22.9. The third-order valence-corrected chi connectivity index (χ3v) is 7.49. The predicted molar refractivity (Wildman–Crippen MR) is 141 cm³/mol. The van der Waals surface area contributed by atoms with Gasteiger partial charge < -0.3 is 9.64 Å². The lowest BCUT2D eigenvalue weighted by Crippen LogP contribution is -2.28. The molecule has 3 heterocycles. The van der Waals surface area contributed by atoms with Gasteiger partial charge in [0.2, 0.25) is 0 Å². The molecule has 37 heavy (non-hydrogen) atoms. The highest BCUT2D eigenvalue weighted by Crippen LogP contribution is 2.30. The second-order valence-electron chi connectivity index (χ2n) is 8.50. The molecule has 1 N–H and O–H groups in total. The molecular weight excluding hydrogens is 488 g/mol. The first kappa shape index (κ1) is 24.3. The zero-order valence-corrected chi connectivity index (χ0v) is 21.0. The number of likely N-dealkylation sites (tertiary alicyclic amines) is 1. The Labute approximate surface area is 215 Å². The molecule has 0 radical (unpaired) electrons. The number of pyridine rings is 2. The van der Waals surface area contributed by atoms with Gasteiger partial charge in [-0.15, -0.1) is 0 Å². The van der Waals surface area contributed by atoms with Crippen LogP contribution in [0.15, 0.2) is 78.0 Å². The highest BCUT2D eigenvalue weighted by molar-refractivity contribution is 7.93. The van der Waals surface area contributed by atoms with E-state index < -0.39 is 10.0 Å². The lowest BCUT2D eigenvalue weighted by molar-refractivity contribution is 0.0787. The number of nitrogens with zero attached hydrogens (tertiary/aromatic N) is 3. The fraction of sp³-hybridized carbons (Fsp3) is 0.179. The number of sulfonamides is 1. The zero-order valence-electron chi connectivity index (χ0n) is 20.1. The van der Waals surface area contributed by atoms with Gasteiger partial charge in [-0.25, -0.2) is 13.4 Å². The van der Waals surface area contributed by atoms with E-state index in [1.807, 2.05) is 0 Å². The predicted octanol–water partition coefficient (Wildman–Crippen LogP) is 4.08. The molecule has 2 aromatic heterocycles. The molecule has 1 fully saturated rings. The van der Waals surface area contributed by atoms with Gasteiger partial charge in [0.05, 0.1) is 18.3 Å². The second-order valence-corrected chi connectivity index (χ2v) is 10.1. The van der Waals surface area contributed by atoms with Crippen molar-refractivity contribution in [2.75, 3.05) is 24.9 Å². The minimum atomic E-state index is -3.98. The van der Waals surface area contributed by atoms with E-state index in [-0.39, 0.29) is 10.8 Å². The van der Waals surface area contributed by atoms with E-state index in [1.165, 1.54) is 19.4 Å². The molecule has 2 aromatic carbocycles. The number of hydrogen-bond donors (Lipinski definition) is 1. The summed E-state index contributed by atoms with van der Waals surface area (Å²) in [6.07, 6.45) is 5.13. The van der Waals surface area contributed by atoms with Gasteiger partial charge in [0.25, 0.3) is 15.9 Å². The van der Waals surface area contributed by atoms with E-state index in [2.05, 4.69) is 26.5 Å². The molecule has 0 bridgehead atoms. The molecule has 0 spiro atoms. The number of methoxy groups -OCH3 is 1. The number of carbonyl (C=O) groups is 1. The number of rotatable bonds is 5. The van der Waals surface area contributed by atoms with Crippen LogP contribution in [-0.2, 0) is 10.0 Å². The smallest absolute Gasteiger partial charge is 0.272 e. The number of fused-ring (bicyclic) bond motifs is 1. The minimum absolute atomic E-state index is 0.0362. The first-order valence-electron chi connectivity index (χ1n) is 11.8. The summed E-state index contributed by atoms with van der Waals surface area (Å²) < 4.78 is 34.7. The van der Waals surface area contributed by atoms with Crippen molar-refractivity contribution in [2.24, 2.45) is 0 Å². The number of benzene rings is 2. The normalized spacial score (nSPS) is 13.2. The van der Waals surface area contributed by atoms with E-state index in [1.54, 1.807) is 65.7 Å². The molecule has 4 aromatic rings. The Bertz CT molecular complexity index is 1630. The summed E-state index contributed by atoms with van der Waals surface area (Å²) in [6.45, 7) is 1.52. The third kappa shape index (κ3) is 5.10. The lowest BCUT2D eigenvalue weighted by Gasteiger charge is -2.14. The maximum atomic E-state index is 13.4. The molecule has 1 aliphatic rings. The van der Waals surface area contributed by atoms with Crippen LogP contribution in [0, 0.1) is 11.8 Å². The van der Waals surface area contributed by atoms with Crippen LogP contribution in [0.3, 0.4) is 0 Å². The summed E-state index contributed by atoms with van der Waals surface area (Å²) in [5.41, 5.74) is 2.15. The number of aromatic nitrogens is 2. The Morgan fingerprint density at radius 2 is 1.78 bits per heavy atom. The molecule has 1 aliphatic heterocycles. The summed E-state index contributed by atoms with van der Waals surface area (Å²) >= 11 is 0. The van der Waals surface area contributed by atoms with Crippen LogP contribution in [0.5, 0.6) is 5.75 Å². The zero-order chi connectivity index (χ0) is 25.8. The fourth-order valence-electron chi connectivity index (χ4n) is 4.21. The SMILES string of the molecule is COc1ccc(S(=O)(=O)Nc2ccccc2C#Cc2ccc(C(=O)N3CCCC3)nc2)c2ncccc12. The van der Waals surface area contributed by atoms with Crippen LogP contribution in [0.2, 0.25) is 0 Å². The van der Waals surface area contributed by atoms with E-state index in [4.69, 9.17) is 4.74 Å². The molecule has 1 saturated heterocycles. The minimum Gasteiger partial charge on any atom is -0.496 e. The summed E-state index contributed by atoms with van der Waals surface area (Å²) in [5, 5.41) is 0.597. The van der Waals surface area contributed by atoms with Crippen molar-refractivity contribution in [1.82, 2.24) is 14.9 Å². The molecule has 8 nitrogen and oxygen atoms in total. The largest absolute Gasteiger partial charge is 0.496 e. The van der Waals surface area contributed by atoms with Crippen LogP contribution < -0.4 is 9.46 Å². The summed E-state index contributed by atoms with van der Waals surface area (Å²) in [5.74, 6) is 6.49. The molecule has 0 unspecified atom stereocenters. The van der Waals surface area contributed by atoms with Crippen molar-refractivity contribution in [1.29, 1.82) is 0 Å². The first-order chi connectivity index (χ1) is 18.0. The van der Waals surface area contributed by atoms with Crippen LogP contribution in [0.1, 0.15) is 34.5 Å². The fourth-order valence-corrected chi connectivity index (χ4v) is 5.45. The van der Waals surface area contributed by atoms with Crippen LogP contribution in [-0.4, -0.2) is 49.4 Å². The van der Waals surface area contributed by atoms with Crippen LogP contribution >= 0.6 is 0 Å². The van der Waals surface area contributed by atoms with E-state index in [0.29, 0.717) is 39.2 Å². The Kier molecular flexibility index (Phi) is 6.75. The van der Waals surface area contributed by atoms with Crippen molar-refractivity contribution in [3.63, 3.8) is 0 Å². The Morgan fingerprint density at radius 1 is 0.973 bits per heavy atom. The molecular formula is C28H24N4O4S. The molecule has 0 atom stereocenters. The number of ether oxygens (including phenoxy) is 1. The summed E-state index contributed by atoms with van der Waals surface area (Å²) in [6, 6.07) is 16.9. The standard InChI is InChI=1S/C28H24N4O4S/c1-36-25-14-15-26(27-22(25)8-6-16-29-27)37(34,35)31-23-9-3-2-7-21(23)12-10-20-11-13-24(30-19-20)28(33)32-17-4-5-18-32/h2-3,6-9,11,13-16,19,31H,4-5,17-18H2,1H3. The first-order valence-corrected chi connectivity index (χ1v) is 13.3. The number of hydrogen-bond acceptors (Lipinski definition) is 6. The van der Waals surface area contributed by atoms with Gasteiger partial charge in [-0.2, -0.15) is 0 Å². The van der Waals surface area contributed by atoms with Crippen molar-refractivity contribution < 1.29 is 17.9 Å². The average molecular weight is 513 g/mol. The maximum Gasteiger partial charge on any atom is 0.272 e. The van der Waals surface area contributed by atoms with Crippen molar-refractivity contribution in [3.05, 3.63) is 89.9 Å². The third-order valence-electron chi connectivity index (χ3n) is 6.09. The topological polar surface area (TPSA) is 101 Å². The number of nitrogens with one attached hydrogen (secondary N) is 1. The van der Waals surface area contributed by atoms with Gasteiger partial charge in [-0.1, -0.05) is 24.0 Å². The van der Waals surface area contributed by atoms with Gasteiger partial charge in [-0.05, 0) is 61.4 Å². The second kappa shape index (κ2) is 10.3. The quantitative estimate of drug-likeness (QED) is 0.405. The van der Waals surface area contributed by atoms with Crippen molar-refractivity contribution in [2.45, 2.75) is 17.7 Å². The molecule has 1 amide bonds. The lowest BCUT2D eigenvalue weighted by atomic mass is 10.1. The Morgan fingerprint density at radius 3 is 2.54 bits per heavy atom. The van der Waals surface area contributed by atoms with Gasteiger partial charge in [0.15, 0.2) is 0 Å². The van der Waals surface area contributed by atoms with E-state index in [0.717, 1.165) is 25.9 Å². The van der Waals surface area contributed by atoms with Gasteiger partial charge in [-0.3, -0.25) is 14.5 Å². The van der Waals surface area contributed by atoms with E-state index in [9.17, 15) is 13.2 Å². The monoisotopic (exact) mass is 512 g/mol. The molecule has 186 valence electrons. The van der Waals surface area contributed by atoms with Crippen molar-refractivity contribution in [3.8, 4) is 17.6 Å². The number of amides is 1. The Balaban J connectivity index is 1.40. The van der Waals surface area contributed by atoms with Crippen LogP contribution in [0.25, 0.3) is 10.9 Å². The van der Waals surface area contributed by atoms with Crippen LogP contribution in [0.4, 0.5) is 5.69 Å². The number of anilines is 1. The average Bonchev–Trinajstić information content (AvgIpc) is 3.47. The van der Waals surface area contributed by atoms with E-state index >= 15 is 0 Å². The van der Waals surface area contributed by atoms with Crippen molar-refractivity contribution >= 4 is 32.5 Å². The van der Waals surface area contributed by atoms with Gasteiger partial charge in [0, 0.05) is 42.0 Å². The number of para-hydroxylation sites is 1. The molecule has 5 rings (SSSR count). The molecule has 0 aliphatic carbocycles. The molecule has 9 heteroatoms. The highest BCUT2D eigenvalue weighted by Gasteiger charge is 2.22. The maximum absolute atomic E-state index is 13.4. The summed E-state index contributed by atoms with van der Waals surface area (Å²) in [7, 11) is -2.46. The van der Waals surface area contributed by atoms with Gasteiger partial charge in [0.1, 0.15) is 16.3 Å². The molecule has 0 saturated carbocycles. The Hall–Kier alpha value is -4.42. The van der Waals surface area contributed by atoms with Gasteiger partial charge >= 0.3 is 0 Å². The number of carbonyl (C=O) groups excluding carboxylic acids is 1.